The lowest BCUT2D eigenvalue weighted by Crippen LogP contribution is -2.37. The molecule has 0 radical (unpaired) electrons. The van der Waals surface area contributed by atoms with Crippen molar-refractivity contribution in [1.29, 1.82) is 0 Å². The SMILES string of the molecule is CCCN1C(=O)C(=O)N(CC(=O)c2[nH]c(C)c(C(=O)OCC)c2C)C1=O. The number of amides is 4. The number of esters is 1. The molecule has 1 N–H and O–H groups in total. The van der Waals surface area contributed by atoms with Crippen LogP contribution in [0.2, 0.25) is 0 Å². The molecule has 9 heteroatoms. The van der Waals surface area contributed by atoms with Crippen molar-refractivity contribution in [2.75, 3.05) is 19.7 Å². The molecule has 0 aliphatic carbocycles. The van der Waals surface area contributed by atoms with E-state index in [4.69, 9.17) is 4.74 Å². The van der Waals surface area contributed by atoms with Gasteiger partial charge in [0.1, 0.15) is 0 Å². The molecule has 4 amide bonds. The van der Waals surface area contributed by atoms with E-state index in [-0.39, 0.29) is 24.4 Å². The summed E-state index contributed by atoms with van der Waals surface area (Å²) in [6.45, 7) is 6.36. The normalized spacial score (nSPS) is 14.4. The average Bonchev–Trinajstić information content (AvgIpc) is 2.99. The molecule has 1 aliphatic rings. The summed E-state index contributed by atoms with van der Waals surface area (Å²) < 4.78 is 4.97. The highest BCUT2D eigenvalue weighted by atomic mass is 16.5. The average molecular weight is 363 g/mol. The van der Waals surface area contributed by atoms with Crippen molar-refractivity contribution < 1.29 is 28.7 Å². The van der Waals surface area contributed by atoms with Crippen LogP contribution in [0.3, 0.4) is 0 Å². The second-order valence-corrected chi connectivity index (χ2v) is 5.90. The van der Waals surface area contributed by atoms with Crippen molar-refractivity contribution in [3.05, 3.63) is 22.5 Å². The Morgan fingerprint density at radius 3 is 2.23 bits per heavy atom. The zero-order valence-corrected chi connectivity index (χ0v) is 15.2. The predicted octanol–water partition coefficient (Wildman–Crippen LogP) is 1.19. The Bertz CT molecular complexity index is 795. The highest BCUT2D eigenvalue weighted by Crippen LogP contribution is 2.21. The third-order valence-electron chi connectivity index (χ3n) is 4.08. The fourth-order valence-electron chi connectivity index (χ4n) is 2.87. The zero-order valence-electron chi connectivity index (χ0n) is 15.2. The lowest BCUT2D eigenvalue weighted by atomic mass is 10.1. The maximum atomic E-state index is 12.6. The van der Waals surface area contributed by atoms with Crippen molar-refractivity contribution in [1.82, 2.24) is 14.8 Å². The molecule has 1 aromatic rings. The van der Waals surface area contributed by atoms with E-state index in [0.29, 0.717) is 22.6 Å². The molecule has 2 heterocycles. The van der Waals surface area contributed by atoms with Gasteiger partial charge in [0.25, 0.3) is 0 Å². The van der Waals surface area contributed by atoms with Gasteiger partial charge in [0.2, 0.25) is 0 Å². The molecular formula is C17H21N3O6. The van der Waals surface area contributed by atoms with Crippen LogP contribution < -0.4 is 0 Å². The summed E-state index contributed by atoms with van der Waals surface area (Å²) >= 11 is 0. The van der Waals surface area contributed by atoms with Crippen molar-refractivity contribution in [2.45, 2.75) is 34.1 Å². The van der Waals surface area contributed by atoms with Gasteiger partial charge in [-0.15, -0.1) is 0 Å². The number of aryl methyl sites for hydroxylation is 1. The monoisotopic (exact) mass is 363 g/mol. The van der Waals surface area contributed by atoms with E-state index in [2.05, 4.69) is 4.98 Å². The molecule has 0 unspecified atom stereocenters. The number of hydrogen-bond acceptors (Lipinski definition) is 6. The number of rotatable bonds is 7. The second kappa shape index (κ2) is 7.51. The Morgan fingerprint density at radius 1 is 1.04 bits per heavy atom. The summed E-state index contributed by atoms with van der Waals surface area (Å²) in [5.41, 5.74) is 1.18. The number of carbonyl (C=O) groups is 5. The van der Waals surface area contributed by atoms with Crippen LogP contribution in [0.5, 0.6) is 0 Å². The number of nitrogens with zero attached hydrogens (tertiary/aromatic N) is 2. The smallest absolute Gasteiger partial charge is 0.340 e. The number of aromatic nitrogens is 1. The first-order valence-electron chi connectivity index (χ1n) is 8.31. The minimum Gasteiger partial charge on any atom is -0.462 e. The van der Waals surface area contributed by atoms with Crippen molar-refractivity contribution in [3.63, 3.8) is 0 Å². The molecule has 0 aromatic carbocycles. The molecular weight excluding hydrogens is 342 g/mol. The van der Waals surface area contributed by atoms with E-state index in [1.807, 2.05) is 0 Å². The van der Waals surface area contributed by atoms with Gasteiger partial charge in [0.15, 0.2) is 5.78 Å². The largest absolute Gasteiger partial charge is 0.462 e. The minimum absolute atomic E-state index is 0.104. The minimum atomic E-state index is -1.02. The van der Waals surface area contributed by atoms with E-state index >= 15 is 0 Å². The van der Waals surface area contributed by atoms with Gasteiger partial charge in [-0.3, -0.25) is 19.3 Å². The molecule has 0 atom stereocenters. The summed E-state index contributed by atoms with van der Waals surface area (Å²) in [6.07, 6.45) is 0.504. The van der Waals surface area contributed by atoms with Crippen LogP contribution in [0.1, 0.15) is 52.4 Å². The number of hydrogen-bond donors (Lipinski definition) is 1. The van der Waals surface area contributed by atoms with Crippen molar-refractivity contribution in [3.8, 4) is 0 Å². The molecule has 1 aliphatic heterocycles. The Balaban J connectivity index is 2.25. The fourth-order valence-corrected chi connectivity index (χ4v) is 2.87. The van der Waals surface area contributed by atoms with E-state index in [1.165, 1.54) is 0 Å². The Morgan fingerprint density at radius 2 is 1.65 bits per heavy atom. The first-order chi connectivity index (χ1) is 12.2. The predicted molar refractivity (Wildman–Crippen MR) is 89.7 cm³/mol. The summed E-state index contributed by atoms with van der Waals surface area (Å²) in [5, 5.41) is 0. The second-order valence-electron chi connectivity index (χ2n) is 5.90. The van der Waals surface area contributed by atoms with Gasteiger partial charge in [-0.2, -0.15) is 0 Å². The van der Waals surface area contributed by atoms with Crippen LogP contribution >= 0.6 is 0 Å². The van der Waals surface area contributed by atoms with Gasteiger partial charge in [-0.25, -0.2) is 14.5 Å². The molecule has 1 fully saturated rings. The summed E-state index contributed by atoms with van der Waals surface area (Å²) in [5.74, 6) is -3.09. The molecule has 1 saturated heterocycles. The molecule has 140 valence electrons. The Hall–Kier alpha value is -2.97. The first kappa shape index (κ1) is 19.4. The number of aromatic amines is 1. The number of Topliss-reactive ketones (excluding diaryl/α,β-unsaturated/α-hetero) is 1. The summed E-state index contributed by atoms with van der Waals surface area (Å²) in [4.78, 5) is 64.9. The number of ether oxygens (including phenoxy) is 1. The van der Waals surface area contributed by atoms with Gasteiger partial charge in [0, 0.05) is 12.2 Å². The van der Waals surface area contributed by atoms with E-state index in [0.717, 1.165) is 4.90 Å². The molecule has 0 spiro atoms. The Labute approximate surface area is 150 Å². The van der Waals surface area contributed by atoms with Crippen molar-refractivity contribution >= 4 is 29.6 Å². The van der Waals surface area contributed by atoms with Crippen LogP contribution in [0.25, 0.3) is 0 Å². The van der Waals surface area contributed by atoms with E-state index in [1.54, 1.807) is 27.7 Å². The topological polar surface area (TPSA) is 117 Å². The van der Waals surface area contributed by atoms with Crippen LogP contribution in [-0.4, -0.2) is 64.1 Å². The number of ketones is 1. The summed E-state index contributed by atoms with van der Waals surface area (Å²) in [6, 6.07) is -0.804. The molecule has 26 heavy (non-hydrogen) atoms. The number of carbonyl (C=O) groups excluding carboxylic acids is 5. The van der Waals surface area contributed by atoms with Crippen molar-refractivity contribution in [2.24, 2.45) is 0 Å². The van der Waals surface area contributed by atoms with E-state index in [9.17, 15) is 24.0 Å². The highest BCUT2D eigenvalue weighted by Gasteiger charge is 2.45. The maximum absolute atomic E-state index is 12.6. The van der Waals surface area contributed by atoms with Gasteiger partial charge in [0.05, 0.1) is 24.4 Å². The van der Waals surface area contributed by atoms with Gasteiger partial charge in [-0.05, 0) is 32.8 Å². The number of H-pyrrole nitrogens is 1. The van der Waals surface area contributed by atoms with Crippen LogP contribution in [0.15, 0.2) is 0 Å². The van der Waals surface area contributed by atoms with Gasteiger partial charge < -0.3 is 9.72 Å². The third kappa shape index (κ3) is 3.24. The molecule has 2 rings (SSSR count). The number of nitrogens with one attached hydrogen (secondary N) is 1. The van der Waals surface area contributed by atoms with Crippen LogP contribution in [0, 0.1) is 13.8 Å². The van der Waals surface area contributed by atoms with Gasteiger partial charge >= 0.3 is 23.8 Å². The number of urea groups is 1. The van der Waals surface area contributed by atoms with Crippen LogP contribution in [-0.2, 0) is 14.3 Å². The zero-order chi connectivity index (χ0) is 19.6. The maximum Gasteiger partial charge on any atom is 0.340 e. The number of imide groups is 2. The molecule has 0 bridgehead atoms. The fraction of sp³-hybridized carbons (Fsp3) is 0.471. The molecule has 0 saturated carbocycles. The lowest BCUT2D eigenvalue weighted by Gasteiger charge is -2.14. The van der Waals surface area contributed by atoms with E-state index < -0.39 is 36.1 Å². The Kier molecular flexibility index (Phi) is 5.59. The highest BCUT2D eigenvalue weighted by molar-refractivity contribution is 6.45. The lowest BCUT2D eigenvalue weighted by molar-refractivity contribution is -0.143. The quantitative estimate of drug-likeness (QED) is 0.337. The molecule has 1 aromatic heterocycles. The molecule has 9 nitrogen and oxygen atoms in total. The third-order valence-corrected chi connectivity index (χ3v) is 4.08. The van der Waals surface area contributed by atoms with Gasteiger partial charge in [-0.1, -0.05) is 6.92 Å². The first-order valence-corrected chi connectivity index (χ1v) is 8.31. The standard InChI is InChI=1S/C17H21N3O6/c1-5-7-19-14(22)15(23)20(17(19)25)8-11(21)13-9(3)12(10(4)18-13)16(24)26-6-2/h18H,5-8H2,1-4H3. The van der Waals surface area contributed by atoms with Crippen LogP contribution in [0.4, 0.5) is 4.79 Å². The summed E-state index contributed by atoms with van der Waals surface area (Å²) in [7, 11) is 0.